The molecule has 0 aliphatic heterocycles. The molecule has 0 amide bonds. The number of carboxylic acid groups (broad SMARTS) is 1. The number of allylic oxidation sites excluding steroid dienone is 1. The fourth-order valence-electron chi connectivity index (χ4n) is 1.69. The highest BCUT2D eigenvalue weighted by atomic mass is 16.4. The van der Waals surface area contributed by atoms with Crippen LogP contribution >= 0.6 is 0 Å². The van der Waals surface area contributed by atoms with Gasteiger partial charge in [-0.2, -0.15) is 0 Å². The SMILES string of the molecule is O=C(O)CC1=CCc2ccccc21. The maximum Gasteiger partial charge on any atom is 0.307 e. The van der Waals surface area contributed by atoms with Gasteiger partial charge in [0.05, 0.1) is 6.42 Å². The minimum absolute atomic E-state index is 0.136. The van der Waals surface area contributed by atoms with Gasteiger partial charge < -0.3 is 5.11 Å². The molecule has 1 aliphatic carbocycles. The summed E-state index contributed by atoms with van der Waals surface area (Å²) in [6.45, 7) is 0. The lowest BCUT2D eigenvalue weighted by molar-refractivity contribution is -0.135. The lowest BCUT2D eigenvalue weighted by atomic mass is 10.0. The van der Waals surface area contributed by atoms with Gasteiger partial charge in [-0.1, -0.05) is 30.3 Å². The Balaban J connectivity index is 2.31. The van der Waals surface area contributed by atoms with E-state index in [4.69, 9.17) is 5.11 Å². The molecule has 1 N–H and O–H groups in total. The van der Waals surface area contributed by atoms with Crippen molar-refractivity contribution in [3.05, 3.63) is 41.5 Å². The van der Waals surface area contributed by atoms with Gasteiger partial charge in [0, 0.05) is 0 Å². The molecule has 1 aromatic rings. The molecule has 0 saturated carbocycles. The van der Waals surface area contributed by atoms with Crippen LogP contribution in [-0.2, 0) is 11.2 Å². The van der Waals surface area contributed by atoms with Gasteiger partial charge in [-0.3, -0.25) is 4.79 Å². The predicted molar refractivity (Wildman–Crippen MR) is 50.4 cm³/mol. The number of hydrogen-bond acceptors (Lipinski definition) is 1. The first kappa shape index (κ1) is 8.05. The Kier molecular flexibility index (Phi) is 1.89. The molecule has 0 spiro atoms. The van der Waals surface area contributed by atoms with Crippen LogP contribution in [0.5, 0.6) is 0 Å². The number of carbonyl (C=O) groups is 1. The summed E-state index contributed by atoms with van der Waals surface area (Å²) in [4.78, 5) is 10.5. The quantitative estimate of drug-likeness (QED) is 0.745. The molecule has 0 bridgehead atoms. The van der Waals surface area contributed by atoms with E-state index in [1.165, 1.54) is 5.56 Å². The molecule has 0 fully saturated rings. The lowest BCUT2D eigenvalue weighted by Gasteiger charge is -2.01. The minimum atomic E-state index is -0.761. The summed E-state index contributed by atoms with van der Waals surface area (Å²) in [7, 11) is 0. The molecule has 0 saturated heterocycles. The Morgan fingerprint density at radius 3 is 2.92 bits per heavy atom. The van der Waals surface area contributed by atoms with Gasteiger partial charge in [-0.05, 0) is 23.1 Å². The summed E-state index contributed by atoms with van der Waals surface area (Å²) in [6, 6.07) is 7.95. The molecule has 13 heavy (non-hydrogen) atoms. The summed E-state index contributed by atoms with van der Waals surface area (Å²) >= 11 is 0. The second-order valence-electron chi connectivity index (χ2n) is 3.16. The highest BCUT2D eigenvalue weighted by Gasteiger charge is 2.14. The molecule has 0 unspecified atom stereocenters. The van der Waals surface area contributed by atoms with Crippen molar-refractivity contribution in [2.45, 2.75) is 12.8 Å². The zero-order chi connectivity index (χ0) is 9.26. The molecule has 1 aliphatic rings. The third kappa shape index (κ3) is 1.47. The third-order valence-electron chi connectivity index (χ3n) is 2.27. The molecule has 0 heterocycles. The standard InChI is InChI=1S/C11H10O2/c12-11(13)7-9-6-5-8-3-1-2-4-10(8)9/h1-4,6H,5,7H2,(H,12,13). The van der Waals surface area contributed by atoms with Crippen LogP contribution in [0.25, 0.3) is 5.57 Å². The Labute approximate surface area is 76.5 Å². The Morgan fingerprint density at radius 1 is 1.38 bits per heavy atom. The van der Waals surface area contributed by atoms with Gasteiger partial charge in [0.1, 0.15) is 0 Å². The molecular formula is C11H10O2. The van der Waals surface area contributed by atoms with Crippen LogP contribution in [0.1, 0.15) is 17.5 Å². The fourth-order valence-corrected chi connectivity index (χ4v) is 1.69. The van der Waals surface area contributed by atoms with E-state index in [1.54, 1.807) is 0 Å². The number of carboxylic acids is 1. The first-order chi connectivity index (χ1) is 6.27. The van der Waals surface area contributed by atoms with Crippen molar-refractivity contribution in [3.8, 4) is 0 Å². The van der Waals surface area contributed by atoms with Gasteiger partial charge in [0.25, 0.3) is 0 Å². The predicted octanol–water partition coefficient (Wildman–Crippen LogP) is 2.10. The van der Waals surface area contributed by atoms with Crippen LogP contribution < -0.4 is 0 Å². The van der Waals surface area contributed by atoms with Crippen molar-refractivity contribution in [2.24, 2.45) is 0 Å². The van der Waals surface area contributed by atoms with Crippen molar-refractivity contribution in [2.75, 3.05) is 0 Å². The van der Waals surface area contributed by atoms with Crippen LogP contribution in [0.15, 0.2) is 30.3 Å². The molecule has 2 nitrogen and oxygen atoms in total. The van der Waals surface area contributed by atoms with Crippen LogP contribution in [-0.4, -0.2) is 11.1 Å². The molecular weight excluding hydrogens is 164 g/mol. The Hall–Kier alpha value is -1.57. The number of fused-ring (bicyclic) bond motifs is 1. The minimum Gasteiger partial charge on any atom is -0.481 e. The molecule has 0 aromatic heterocycles. The van der Waals surface area contributed by atoms with Crippen molar-refractivity contribution < 1.29 is 9.90 Å². The van der Waals surface area contributed by atoms with Crippen LogP contribution in [0.4, 0.5) is 0 Å². The maximum absolute atomic E-state index is 10.5. The number of rotatable bonds is 2. The third-order valence-corrected chi connectivity index (χ3v) is 2.27. The van der Waals surface area contributed by atoms with E-state index in [1.807, 2.05) is 30.3 Å². The smallest absolute Gasteiger partial charge is 0.307 e. The van der Waals surface area contributed by atoms with Gasteiger partial charge >= 0.3 is 5.97 Å². The monoisotopic (exact) mass is 174 g/mol. The summed E-state index contributed by atoms with van der Waals surface area (Å²) in [5.41, 5.74) is 3.28. The lowest BCUT2D eigenvalue weighted by Crippen LogP contribution is -1.95. The largest absolute Gasteiger partial charge is 0.481 e. The van der Waals surface area contributed by atoms with E-state index in [2.05, 4.69) is 0 Å². The van der Waals surface area contributed by atoms with Gasteiger partial charge in [0.2, 0.25) is 0 Å². The average molecular weight is 174 g/mol. The van der Waals surface area contributed by atoms with Gasteiger partial charge in [0.15, 0.2) is 0 Å². The normalized spacial score (nSPS) is 13.7. The van der Waals surface area contributed by atoms with Crippen molar-refractivity contribution in [3.63, 3.8) is 0 Å². The Morgan fingerprint density at radius 2 is 2.15 bits per heavy atom. The van der Waals surface area contributed by atoms with Crippen molar-refractivity contribution in [1.29, 1.82) is 0 Å². The Bertz CT molecular complexity index is 377. The first-order valence-electron chi connectivity index (χ1n) is 4.26. The number of benzene rings is 1. The second kappa shape index (κ2) is 3.05. The number of hydrogen-bond donors (Lipinski definition) is 1. The molecule has 1 aromatic carbocycles. The van der Waals surface area contributed by atoms with Crippen LogP contribution in [0.3, 0.4) is 0 Å². The van der Waals surface area contributed by atoms with E-state index in [0.29, 0.717) is 0 Å². The summed E-state index contributed by atoms with van der Waals surface area (Å²) < 4.78 is 0. The second-order valence-corrected chi connectivity index (χ2v) is 3.16. The molecule has 0 atom stereocenters. The zero-order valence-corrected chi connectivity index (χ0v) is 7.16. The topological polar surface area (TPSA) is 37.3 Å². The molecule has 66 valence electrons. The zero-order valence-electron chi connectivity index (χ0n) is 7.16. The van der Waals surface area contributed by atoms with Crippen LogP contribution in [0.2, 0.25) is 0 Å². The van der Waals surface area contributed by atoms with Crippen LogP contribution in [0, 0.1) is 0 Å². The molecule has 2 rings (SSSR count). The molecule has 2 heteroatoms. The first-order valence-corrected chi connectivity index (χ1v) is 4.26. The summed E-state index contributed by atoms with van der Waals surface area (Å²) in [6.07, 6.45) is 3.01. The van der Waals surface area contributed by atoms with E-state index >= 15 is 0 Å². The van der Waals surface area contributed by atoms with Crippen molar-refractivity contribution >= 4 is 11.5 Å². The molecule has 0 radical (unpaired) electrons. The average Bonchev–Trinajstić information content (AvgIpc) is 2.48. The summed E-state index contributed by atoms with van der Waals surface area (Å²) in [5, 5.41) is 8.66. The van der Waals surface area contributed by atoms with E-state index in [0.717, 1.165) is 17.6 Å². The van der Waals surface area contributed by atoms with Crippen molar-refractivity contribution in [1.82, 2.24) is 0 Å². The highest BCUT2D eigenvalue weighted by molar-refractivity contribution is 5.86. The maximum atomic E-state index is 10.5. The number of aliphatic carboxylic acids is 1. The highest BCUT2D eigenvalue weighted by Crippen LogP contribution is 2.29. The van der Waals surface area contributed by atoms with E-state index in [9.17, 15) is 4.79 Å². The van der Waals surface area contributed by atoms with Gasteiger partial charge in [-0.15, -0.1) is 0 Å². The van der Waals surface area contributed by atoms with E-state index < -0.39 is 5.97 Å². The fraction of sp³-hybridized carbons (Fsp3) is 0.182. The summed E-state index contributed by atoms with van der Waals surface area (Å²) in [5.74, 6) is -0.761. The van der Waals surface area contributed by atoms with E-state index in [-0.39, 0.29) is 6.42 Å². The van der Waals surface area contributed by atoms with Gasteiger partial charge in [-0.25, -0.2) is 0 Å².